The minimum Gasteiger partial charge on any atom is -0.369 e. The lowest BCUT2D eigenvalue weighted by atomic mass is 9.70. The molecule has 0 radical (unpaired) electrons. The van der Waals surface area contributed by atoms with Crippen molar-refractivity contribution in [3.05, 3.63) is 21.5 Å². The van der Waals surface area contributed by atoms with E-state index in [0.717, 1.165) is 17.6 Å². The highest BCUT2D eigenvalue weighted by atomic mass is 127. The zero-order valence-electron chi connectivity index (χ0n) is 10.2. The molecular formula is C13H15FIN3. The van der Waals surface area contributed by atoms with E-state index in [4.69, 9.17) is 5.73 Å². The van der Waals surface area contributed by atoms with Gasteiger partial charge in [0.2, 0.25) is 5.95 Å². The molecule has 18 heavy (non-hydrogen) atoms. The van der Waals surface area contributed by atoms with Gasteiger partial charge in [0.15, 0.2) is 0 Å². The molecule has 1 heterocycles. The lowest BCUT2D eigenvalue weighted by Crippen LogP contribution is -2.31. The van der Waals surface area contributed by atoms with Crippen LogP contribution in [0.1, 0.15) is 26.2 Å². The summed E-state index contributed by atoms with van der Waals surface area (Å²) in [4.78, 5) is 4.33. The number of nitrogens with zero attached hydrogens (tertiary/aromatic N) is 2. The number of fused-ring (bicyclic) bond motifs is 1. The Morgan fingerprint density at radius 2 is 2.22 bits per heavy atom. The molecule has 96 valence electrons. The van der Waals surface area contributed by atoms with Gasteiger partial charge in [0, 0.05) is 12.6 Å². The van der Waals surface area contributed by atoms with Crippen LogP contribution in [0.5, 0.6) is 0 Å². The minimum absolute atomic E-state index is 0.206. The third-order valence-electron chi connectivity index (χ3n) is 3.92. The number of hydrogen-bond acceptors (Lipinski definition) is 2. The van der Waals surface area contributed by atoms with Gasteiger partial charge in [-0.25, -0.2) is 9.37 Å². The molecule has 1 aliphatic carbocycles. The Morgan fingerprint density at radius 3 is 2.83 bits per heavy atom. The summed E-state index contributed by atoms with van der Waals surface area (Å²) in [5, 5.41) is 0. The van der Waals surface area contributed by atoms with Crippen LogP contribution in [0.25, 0.3) is 11.0 Å². The van der Waals surface area contributed by atoms with Gasteiger partial charge in [-0.1, -0.05) is 13.3 Å². The molecule has 2 aromatic rings. The number of anilines is 1. The van der Waals surface area contributed by atoms with E-state index in [2.05, 4.69) is 11.9 Å². The van der Waals surface area contributed by atoms with Crippen molar-refractivity contribution < 1.29 is 4.39 Å². The fraction of sp³-hybridized carbons (Fsp3) is 0.462. The fourth-order valence-corrected chi connectivity index (χ4v) is 3.08. The van der Waals surface area contributed by atoms with Crippen LogP contribution in [0, 0.1) is 14.8 Å². The zero-order chi connectivity index (χ0) is 12.9. The Bertz CT molecular complexity index is 616. The molecule has 1 saturated carbocycles. The Balaban J connectivity index is 2.10. The van der Waals surface area contributed by atoms with Crippen molar-refractivity contribution in [3.63, 3.8) is 0 Å². The zero-order valence-corrected chi connectivity index (χ0v) is 12.4. The Kier molecular flexibility index (Phi) is 2.76. The summed E-state index contributed by atoms with van der Waals surface area (Å²) < 4.78 is 16.2. The third-order valence-corrected chi connectivity index (χ3v) is 4.75. The predicted octanol–water partition coefficient (Wildman–Crippen LogP) is 3.55. The van der Waals surface area contributed by atoms with Gasteiger partial charge in [-0.2, -0.15) is 0 Å². The van der Waals surface area contributed by atoms with Crippen molar-refractivity contribution in [1.82, 2.24) is 9.55 Å². The van der Waals surface area contributed by atoms with E-state index in [9.17, 15) is 4.39 Å². The van der Waals surface area contributed by atoms with Crippen molar-refractivity contribution in [1.29, 1.82) is 0 Å². The van der Waals surface area contributed by atoms with E-state index in [1.165, 1.54) is 19.3 Å². The number of hydrogen-bond donors (Lipinski definition) is 1. The maximum Gasteiger partial charge on any atom is 0.201 e. The number of aromatic nitrogens is 2. The topological polar surface area (TPSA) is 43.8 Å². The van der Waals surface area contributed by atoms with Crippen LogP contribution in [-0.4, -0.2) is 9.55 Å². The molecular weight excluding hydrogens is 344 g/mol. The first-order valence-electron chi connectivity index (χ1n) is 6.09. The van der Waals surface area contributed by atoms with E-state index in [-0.39, 0.29) is 5.82 Å². The van der Waals surface area contributed by atoms with Crippen LogP contribution in [0.4, 0.5) is 10.3 Å². The van der Waals surface area contributed by atoms with Crippen LogP contribution in [0.3, 0.4) is 0 Å². The standard InChI is InChI=1S/C13H15FIN3/c1-13(3-2-4-13)7-18-11-5-8(14)9(15)6-10(11)17-12(18)16/h5-6H,2-4,7H2,1H3,(H2,16,17). The average molecular weight is 359 g/mol. The minimum atomic E-state index is -0.206. The van der Waals surface area contributed by atoms with E-state index >= 15 is 0 Å². The molecule has 0 aliphatic heterocycles. The van der Waals surface area contributed by atoms with Gasteiger partial charge < -0.3 is 10.3 Å². The van der Waals surface area contributed by atoms with E-state index in [1.54, 1.807) is 12.1 Å². The summed E-state index contributed by atoms with van der Waals surface area (Å²) in [5.74, 6) is 0.280. The molecule has 1 aliphatic rings. The molecule has 5 heteroatoms. The lowest BCUT2D eigenvalue weighted by molar-refractivity contribution is 0.135. The molecule has 1 fully saturated rings. The second-order valence-corrected chi connectivity index (χ2v) is 6.64. The molecule has 3 nitrogen and oxygen atoms in total. The van der Waals surface area contributed by atoms with Gasteiger partial charge in [0.25, 0.3) is 0 Å². The molecule has 0 bridgehead atoms. The summed E-state index contributed by atoms with van der Waals surface area (Å²) in [6.07, 6.45) is 3.69. The first-order chi connectivity index (χ1) is 8.48. The number of nitrogen functional groups attached to an aromatic ring is 1. The summed E-state index contributed by atoms with van der Waals surface area (Å²) >= 11 is 1.98. The number of halogens is 2. The number of rotatable bonds is 2. The van der Waals surface area contributed by atoms with Crippen LogP contribution in [0.2, 0.25) is 0 Å². The second-order valence-electron chi connectivity index (χ2n) is 5.48. The first kappa shape index (κ1) is 12.2. The third kappa shape index (κ3) is 1.88. The summed E-state index contributed by atoms with van der Waals surface area (Å²) in [5.41, 5.74) is 7.84. The van der Waals surface area contributed by atoms with Crippen LogP contribution in [0.15, 0.2) is 12.1 Å². The second kappa shape index (κ2) is 4.08. The summed E-state index contributed by atoms with van der Waals surface area (Å²) in [6.45, 7) is 3.08. The monoisotopic (exact) mass is 359 g/mol. The van der Waals surface area contributed by atoms with Gasteiger partial charge in [0.05, 0.1) is 14.6 Å². The van der Waals surface area contributed by atoms with E-state index in [0.29, 0.717) is 14.9 Å². The molecule has 0 spiro atoms. The van der Waals surface area contributed by atoms with Crippen LogP contribution in [-0.2, 0) is 6.54 Å². The molecule has 0 unspecified atom stereocenters. The Labute approximate surface area is 119 Å². The quantitative estimate of drug-likeness (QED) is 0.834. The number of benzene rings is 1. The maximum atomic E-state index is 13.7. The van der Waals surface area contributed by atoms with Gasteiger partial charge >= 0.3 is 0 Å². The van der Waals surface area contributed by atoms with Crippen LogP contribution < -0.4 is 5.73 Å². The average Bonchev–Trinajstić information content (AvgIpc) is 2.55. The van der Waals surface area contributed by atoms with Gasteiger partial charge in [0.1, 0.15) is 5.82 Å². The van der Waals surface area contributed by atoms with Crippen LogP contribution >= 0.6 is 22.6 Å². The number of nitrogens with two attached hydrogens (primary N) is 1. The maximum absolute atomic E-state index is 13.7. The van der Waals surface area contributed by atoms with Crippen molar-refractivity contribution in [2.45, 2.75) is 32.7 Å². The fourth-order valence-electron chi connectivity index (χ4n) is 2.63. The van der Waals surface area contributed by atoms with Gasteiger partial charge in [-0.05, 0) is 46.9 Å². The predicted molar refractivity (Wildman–Crippen MR) is 78.8 cm³/mol. The molecule has 0 amide bonds. The number of imidazole rings is 1. The van der Waals surface area contributed by atoms with E-state index < -0.39 is 0 Å². The smallest absolute Gasteiger partial charge is 0.201 e. The molecule has 0 saturated heterocycles. The SMILES string of the molecule is CC1(Cn2c(N)nc3cc(I)c(F)cc32)CCC1. The Hall–Kier alpha value is -0.850. The normalized spacial score (nSPS) is 17.9. The highest BCUT2D eigenvalue weighted by Crippen LogP contribution is 2.42. The van der Waals surface area contributed by atoms with Gasteiger partial charge in [-0.3, -0.25) is 0 Å². The largest absolute Gasteiger partial charge is 0.369 e. The molecule has 0 atom stereocenters. The summed E-state index contributed by atoms with van der Waals surface area (Å²) in [6, 6.07) is 3.30. The van der Waals surface area contributed by atoms with Crippen molar-refractivity contribution >= 4 is 39.6 Å². The van der Waals surface area contributed by atoms with Crippen molar-refractivity contribution in [2.75, 3.05) is 5.73 Å². The lowest BCUT2D eigenvalue weighted by Gasteiger charge is -2.38. The molecule has 2 N–H and O–H groups in total. The molecule has 1 aromatic carbocycles. The highest BCUT2D eigenvalue weighted by Gasteiger charge is 2.33. The van der Waals surface area contributed by atoms with Crippen molar-refractivity contribution in [3.8, 4) is 0 Å². The molecule has 1 aromatic heterocycles. The highest BCUT2D eigenvalue weighted by molar-refractivity contribution is 14.1. The molecule has 3 rings (SSSR count). The van der Waals surface area contributed by atoms with E-state index in [1.807, 2.05) is 27.2 Å². The first-order valence-corrected chi connectivity index (χ1v) is 7.17. The van der Waals surface area contributed by atoms with Gasteiger partial charge in [-0.15, -0.1) is 0 Å². The summed E-state index contributed by atoms with van der Waals surface area (Å²) in [7, 11) is 0. The van der Waals surface area contributed by atoms with Crippen molar-refractivity contribution in [2.24, 2.45) is 5.41 Å². The Morgan fingerprint density at radius 1 is 1.50 bits per heavy atom.